The highest BCUT2D eigenvalue weighted by Crippen LogP contribution is 2.33. The fraction of sp³-hybridized carbons (Fsp3) is 0.257. The second-order valence-electron chi connectivity index (χ2n) is 12.0. The molecule has 8 rings (SSSR count). The molecule has 0 spiro atoms. The molecule has 5 aromatic rings. The van der Waals surface area contributed by atoms with Gasteiger partial charge in [0, 0.05) is 72.6 Å². The van der Waals surface area contributed by atoms with Gasteiger partial charge in [0.05, 0.1) is 33.0 Å². The number of aromatic nitrogens is 4. The highest BCUT2D eigenvalue weighted by molar-refractivity contribution is 7.85. The molecule has 2 aromatic heterocycles. The van der Waals surface area contributed by atoms with Crippen molar-refractivity contribution in [3.63, 3.8) is 0 Å². The number of piperazine rings is 1. The summed E-state index contributed by atoms with van der Waals surface area (Å²) in [6, 6.07) is 18.1. The van der Waals surface area contributed by atoms with Crippen LogP contribution in [0.4, 0.5) is 43.4 Å². The van der Waals surface area contributed by atoms with E-state index in [9.17, 15) is 17.2 Å². The van der Waals surface area contributed by atoms with Gasteiger partial charge in [-0.25, -0.2) is 18.7 Å². The molecule has 3 aromatic carbocycles. The third kappa shape index (κ3) is 7.98. The average Bonchev–Trinajstić information content (AvgIpc) is 3.67. The van der Waals surface area contributed by atoms with Gasteiger partial charge in [-0.3, -0.25) is 8.42 Å². The number of benzene rings is 3. The van der Waals surface area contributed by atoms with Crippen molar-refractivity contribution in [1.29, 1.82) is 0 Å². The lowest BCUT2D eigenvalue weighted by atomic mass is 10.1. The molecule has 51 heavy (non-hydrogen) atoms. The Kier molecular flexibility index (Phi) is 10.5. The van der Waals surface area contributed by atoms with Crippen LogP contribution in [0.15, 0.2) is 76.5 Å². The van der Waals surface area contributed by atoms with Crippen molar-refractivity contribution in [2.75, 3.05) is 58.1 Å². The Labute approximate surface area is 308 Å². The standard InChI is InChI=1S/C23H23ClFN5OS.C12H9ClFN3OS/c1-15-13-16(24)5-6-20(15)29-8-10-30(11-9-29)23-27-19-7-12-32(31)21(19)22(28-23)26-18-4-2-3-17(25)14-18;13-12-16-9-4-5-19(18)10(9)11(17-12)15-8-3-1-2-7(14)6-8/h2-6,13-14H,7-12H2,1H3,(H,26,27,28);1-3,6H,4-5H2,(H,15,16,17). The Morgan fingerprint density at radius 1 is 0.686 bits per heavy atom. The Balaban J connectivity index is 0.000000182. The predicted molar refractivity (Wildman–Crippen MR) is 199 cm³/mol. The van der Waals surface area contributed by atoms with Gasteiger partial charge in [0.2, 0.25) is 11.2 Å². The van der Waals surface area contributed by atoms with E-state index in [0.29, 0.717) is 68.8 Å². The van der Waals surface area contributed by atoms with Gasteiger partial charge in [-0.2, -0.15) is 9.97 Å². The van der Waals surface area contributed by atoms with Crippen molar-refractivity contribution in [2.45, 2.75) is 29.6 Å². The first-order chi connectivity index (χ1) is 24.6. The van der Waals surface area contributed by atoms with Crippen molar-refractivity contribution in [3.8, 4) is 0 Å². The topological polar surface area (TPSA) is 116 Å². The van der Waals surface area contributed by atoms with Gasteiger partial charge >= 0.3 is 0 Å². The molecule has 0 aliphatic carbocycles. The van der Waals surface area contributed by atoms with E-state index in [1.807, 2.05) is 12.1 Å². The van der Waals surface area contributed by atoms with Gasteiger partial charge < -0.3 is 20.4 Å². The highest BCUT2D eigenvalue weighted by Gasteiger charge is 2.29. The van der Waals surface area contributed by atoms with Crippen LogP contribution < -0.4 is 20.4 Å². The molecule has 1 saturated heterocycles. The summed E-state index contributed by atoms with van der Waals surface area (Å²) in [4.78, 5) is 23.3. The number of aryl methyl sites for hydroxylation is 3. The number of nitrogens with one attached hydrogen (secondary N) is 2. The van der Waals surface area contributed by atoms with Gasteiger partial charge in [0.25, 0.3) is 0 Å². The zero-order valence-electron chi connectivity index (χ0n) is 27.3. The third-order valence-electron chi connectivity index (χ3n) is 8.57. The van der Waals surface area contributed by atoms with Gasteiger partial charge in [0.1, 0.15) is 21.4 Å². The molecule has 2 atom stereocenters. The van der Waals surface area contributed by atoms with E-state index in [1.165, 1.54) is 30.0 Å². The second-order valence-corrected chi connectivity index (χ2v) is 15.8. The van der Waals surface area contributed by atoms with E-state index in [-0.39, 0.29) is 16.9 Å². The SMILES string of the molecule is Cc1cc(Cl)ccc1N1CCN(c2nc3c(c(Nc4cccc(F)c4)n2)S(=O)CC3)CC1.O=S1CCc2nc(Cl)nc(Nc3cccc(F)c3)c21. The average molecular weight is 770 g/mol. The van der Waals surface area contributed by atoms with Crippen LogP contribution in [0.3, 0.4) is 0 Å². The fourth-order valence-electron chi connectivity index (χ4n) is 6.19. The van der Waals surface area contributed by atoms with Crippen molar-refractivity contribution in [2.24, 2.45) is 0 Å². The predicted octanol–water partition coefficient (Wildman–Crippen LogP) is 6.99. The van der Waals surface area contributed by atoms with Crippen molar-refractivity contribution >= 4 is 79.4 Å². The van der Waals surface area contributed by atoms with Crippen LogP contribution in [0.1, 0.15) is 17.0 Å². The maximum Gasteiger partial charge on any atom is 0.227 e. The summed E-state index contributed by atoms with van der Waals surface area (Å²) in [5.74, 6) is 1.86. The molecule has 1 fully saturated rings. The molecule has 10 nitrogen and oxygen atoms in total. The molecule has 5 heterocycles. The van der Waals surface area contributed by atoms with E-state index in [1.54, 1.807) is 24.3 Å². The zero-order valence-corrected chi connectivity index (χ0v) is 30.5. The molecule has 3 aliphatic heterocycles. The molecular formula is C35H32Cl2F2N8O2S2. The first-order valence-corrected chi connectivity index (χ1v) is 19.6. The summed E-state index contributed by atoms with van der Waals surface area (Å²) < 4.78 is 51.3. The van der Waals surface area contributed by atoms with Crippen LogP contribution in [-0.4, -0.2) is 66.0 Å². The molecule has 16 heteroatoms. The molecule has 0 saturated carbocycles. The lowest BCUT2D eigenvalue weighted by molar-refractivity contribution is 0.628. The molecular weight excluding hydrogens is 737 g/mol. The quantitative estimate of drug-likeness (QED) is 0.175. The van der Waals surface area contributed by atoms with Crippen LogP contribution in [0, 0.1) is 18.6 Å². The van der Waals surface area contributed by atoms with Crippen LogP contribution in [-0.2, 0) is 34.4 Å². The first kappa shape index (κ1) is 35.2. The second kappa shape index (κ2) is 15.2. The van der Waals surface area contributed by atoms with E-state index >= 15 is 0 Å². The van der Waals surface area contributed by atoms with Crippen molar-refractivity contribution in [3.05, 3.63) is 106 Å². The summed E-state index contributed by atoms with van der Waals surface area (Å²) in [5, 5.41) is 6.95. The minimum absolute atomic E-state index is 0.0940. The summed E-state index contributed by atoms with van der Waals surface area (Å²) >= 11 is 11.9. The molecule has 3 aliphatic rings. The minimum atomic E-state index is -1.16. The molecule has 2 N–H and O–H groups in total. The number of hydrogen-bond acceptors (Lipinski definition) is 10. The number of anilines is 6. The number of nitrogens with zero attached hydrogens (tertiary/aromatic N) is 6. The third-order valence-corrected chi connectivity index (χ3v) is 11.9. The fourth-order valence-corrected chi connectivity index (χ4v) is 9.21. The summed E-state index contributed by atoms with van der Waals surface area (Å²) in [5.41, 5.74) is 4.95. The Bertz CT molecular complexity index is 2170. The van der Waals surface area contributed by atoms with Gasteiger partial charge in [-0.15, -0.1) is 0 Å². The van der Waals surface area contributed by atoms with Gasteiger partial charge in [-0.1, -0.05) is 23.7 Å². The van der Waals surface area contributed by atoms with Crippen molar-refractivity contribution in [1.82, 2.24) is 19.9 Å². The number of hydrogen-bond donors (Lipinski definition) is 2. The Hall–Kier alpha value is -4.24. The summed E-state index contributed by atoms with van der Waals surface area (Å²) in [6.45, 7) is 5.28. The Morgan fingerprint density at radius 2 is 1.24 bits per heavy atom. The van der Waals surface area contributed by atoms with Gasteiger partial charge in [-0.05, 0) is 78.7 Å². The zero-order chi connectivity index (χ0) is 35.6. The Morgan fingerprint density at radius 3 is 1.80 bits per heavy atom. The van der Waals surface area contributed by atoms with E-state index in [0.717, 1.165) is 42.5 Å². The molecule has 264 valence electrons. The lowest BCUT2D eigenvalue weighted by Gasteiger charge is -2.37. The van der Waals surface area contributed by atoms with Crippen LogP contribution in [0.2, 0.25) is 10.3 Å². The normalized spacial score (nSPS) is 17.7. The van der Waals surface area contributed by atoms with Crippen LogP contribution in [0.5, 0.6) is 0 Å². The van der Waals surface area contributed by atoms with Crippen LogP contribution >= 0.6 is 23.2 Å². The maximum absolute atomic E-state index is 13.7. The molecule has 0 amide bonds. The number of fused-ring (bicyclic) bond motifs is 2. The minimum Gasteiger partial charge on any atom is -0.368 e. The molecule has 0 radical (unpaired) electrons. The van der Waals surface area contributed by atoms with E-state index in [4.69, 9.17) is 33.2 Å². The lowest BCUT2D eigenvalue weighted by Crippen LogP contribution is -2.47. The molecule has 2 unspecified atom stereocenters. The maximum atomic E-state index is 13.7. The smallest absolute Gasteiger partial charge is 0.227 e. The number of halogens is 4. The number of rotatable bonds is 6. The monoisotopic (exact) mass is 768 g/mol. The van der Waals surface area contributed by atoms with E-state index in [2.05, 4.69) is 43.4 Å². The van der Waals surface area contributed by atoms with E-state index < -0.39 is 21.6 Å². The largest absolute Gasteiger partial charge is 0.368 e. The van der Waals surface area contributed by atoms with Crippen LogP contribution in [0.25, 0.3) is 0 Å². The highest BCUT2D eigenvalue weighted by atomic mass is 35.5. The summed E-state index contributed by atoms with van der Waals surface area (Å²) in [6.07, 6.45) is 1.27. The summed E-state index contributed by atoms with van der Waals surface area (Å²) in [7, 11) is -2.29. The molecule has 0 bridgehead atoms. The first-order valence-electron chi connectivity index (χ1n) is 16.2. The van der Waals surface area contributed by atoms with Crippen molar-refractivity contribution < 1.29 is 17.2 Å². The van der Waals surface area contributed by atoms with Gasteiger partial charge in [0.15, 0.2) is 11.6 Å².